The molecule has 1 saturated heterocycles. The molecule has 0 spiro atoms. The summed E-state index contributed by atoms with van der Waals surface area (Å²) in [4.78, 5) is 4.53. The van der Waals surface area contributed by atoms with Crippen molar-refractivity contribution in [3.05, 3.63) is 0 Å². The van der Waals surface area contributed by atoms with Crippen molar-refractivity contribution in [2.75, 3.05) is 12.4 Å². The first kappa shape index (κ1) is 4.43. The zero-order chi connectivity index (χ0) is 4.24. The lowest BCUT2D eigenvalue weighted by Crippen LogP contribution is -1.99. The second-order valence-corrected chi connectivity index (χ2v) is 1.85. The molecule has 1 rings (SSSR count). The van der Waals surface area contributed by atoms with Crippen LogP contribution in [0.1, 0.15) is 6.42 Å². The summed E-state index contributed by atoms with van der Waals surface area (Å²) in [6, 6.07) is 0. The molecule has 0 aromatic carbocycles. The van der Waals surface area contributed by atoms with Gasteiger partial charge in [0.15, 0.2) is 0 Å². The predicted molar refractivity (Wildman–Crippen MR) is 24.1 cm³/mol. The summed E-state index contributed by atoms with van der Waals surface area (Å²) in [7, 11) is 0. The van der Waals surface area contributed by atoms with Gasteiger partial charge in [0.25, 0.3) is 0 Å². The van der Waals surface area contributed by atoms with Crippen molar-refractivity contribution in [2.45, 2.75) is 6.42 Å². The van der Waals surface area contributed by atoms with Gasteiger partial charge in [-0.2, -0.15) is 4.33 Å². The van der Waals surface area contributed by atoms with E-state index in [4.69, 9.17) is 0 Å². The molecule has 1 heterocycles. The van der Waals surface area contributed by atoms with Crippen LogP contribution in [0.25, 0.3) is 0 Å². The van der Waals surface area contributed by atoms with Crippen molar-refractivity contribution in [3.63, 3.8) is 0 Å². The fraction of sp³-hybridized carbons (Fsp3) is 1.00. The van der Waals surface area contributed by atoms with Gasteiger partial charge in [0.1, 0.15) is 0 Å². The molecular formula is C3H6O2S. The Kier molecular flexibility index (Phi) is 1.80. The molecule has 1 fully saturated rings. The second-order valence-electron chi connectivity index (χ2n) is 1.07. The number of hydrogen-bond acceptors (Lipinski definition) is 3. The molecule has 1 aliphatic heterocycles. The van der Waals surface area contributed by atoms with Crippen molar-refractivity contribution in [3.8, 4) is 0 Å². The molecule has 0 aromatic heterocycles. The SMILES string of the molecule is C1COOSC1. The van der Waals surface area contributed by atoms with Crippen molar-refractivity contribution < 1.29 is 9.22 Å². The summed E-state index contributed by atoms with van der Waals surface area (Å²) in [6.45, 7) is 0.757. The first-order chi connectivity index (χ1) is 3.00. The second kappa shape index (κ2) is 2.44. The third kappa shape index (κ3) is 1.16. The third-order valence-corrected chi connectivity index (χ3v) is 1.20. The average Bonchev–Trinajstić information content (AvgIpc) is 1.72. The first-order valence-electron chi connectivity index (χ1n) is 1.91. The lowest BCUT2D eigenvalue weighted by Gasteiger charge is -2.05. The standard InChI is InChI=1S/C3H6O2S/c1-2-4-5-6-3-1/h1-3H2. The van der Waals surface area contributed by atoms with Crippen molar-refractivity contribution in [1.82, 2.24) is 0 Å². The van der Waals surface area contributed by atoms with Gasteiger partial charge in [0.2, 0.25) is 0 Å². The van der Waals surface area contributed by atoms with Crippen LogP contribution in [0.15, 0.2) is 0 Å². The minimum atomic E-state index is 0.757. The maximum atomic E-state index is 4.53. The van der Waals surface area contributed by atoms with Crippen LogP contribution in [0.3, 0.4) is 0 Å². The van der Waals surface area contributed by atoms with Crippen LogP contribution in [0, 0.1) is 0 Å². The van der Waals surface area contributed by atoms with E-state index in [0.717, 1.165) is 18.8 Å². The monoisotopic (exact) mass is 106 g/mol. The largest absolute Gasteiger partial charge is 0.224 e. The average molecular weight is 106 g/mol. The fourth-order valence-electron chi connectivity index (χ4n) is 0.279. The van der Waals surface area contributed by atoms with Crippen LogP contribution in [0.4, 0.5) is 0 Å². The molecule has 0 aromatic rings. The van der Waals surface area contributed by atoms with Crippen LogP contribution in [0.5, 0.6) is 0 Å². The molecular weight excluding hydrogens is 100 g/mol. The Bertz CT molecular complexity index is 24.3. The van der Waals surface area contributed by atoms with Gasteiger partial charge in [0, 0.05) is 17.8 Å². The molecule has 0 saturated carbocycles. The highest BCUT2D eigenvalue weighted by molar-refractivity contribution is 7.94. The zero-order valence-electron chi connectivity index (χ0n) is 3.35. The van der Waals surface area contributed by atoms with E-state index in [0.29, 0.717) is 0 Å². The normalized spacial score (nSPS) is 24.0. The Morgan fingerprint density at radius 2 is 2.50 bits per heavy atom. The number of rotatable bonds is 0. The Labute approximate surface area is 41.0 Å². The van der Waals surface area contributed by atoms with Gasteiger partial charge in [-0.15, -0.1) is 0 Å². The minimum Gasteiger partial charge on any atom is -0.224 e. The lowest BCUT2D eigenvalue weighted by atomic mass is 10.5. The Hall–Kier alpha value is 0.270. The summed E-state index contributed by atoms with van der Waals surface area (Å²) >= 11 is 1.37. The van der Waals surface area contributed by atoms with Crippen LogP contribution < -0.4 is 0 Å². The van der Waals surface area contributed by atoms with Gasteiger partial charge in [-0.3, -0.25) is 0 Å². The van der Waals surface area contributed by atoms with Crippen LogP contribution in [-0.4, -0.2) is 12.4 Å². The van der Waals surface area contributed by atoms with E-state index in [-0.39, 0.29) is 0 Å². The van der Waals surface area contributed by atoms with E-state index in [1.54, 1.807) is 0 Å². The molecule has 3 heteroatoms. The number of hydrogen-bond donors (Lipinski definition) is 0. The van der Waals surface area contributed by atoms with Crippen LogP contribution >= 0.6 is 12.0 Å². The Balaban J connectivity index is 2.00. The topological polar surface area (TPSA) is 18.5 Å². The van der Waals surface area contributed by atoms with E-state index < -0.39 is 0 Å². The molecule has 0 aliphatic carbocycles. The first-order valence-corrected chi connectivity index (χ1v) is 2.82. The maximum absolute atomic E-state index is 4.53. The van der Waals surface area contributed by atoms with E-state index in [2.05, 4.69) is 9.22 Å². The van der Waals surface area contributed by atoms with Gasteiger partial charge >= 0.3 is 0 Å². The Morgan fingerprint density at radius 3 is 2.67 bits per heavy atom. The highest BCUT2D eigenvalue weighted by atomic mass is 32.2. The molecule has 0 N–H and O–H groups in total. The smallest absolute Gasteiger partial charge is 0.0843 e. The highest BCUT2D eigenvalue weighted by Gasteiger charge is 1.97. The molecule has 0 atom stereocenters. The molecule has 0 amide bonds. The van der Waals surface area contributed by atoms with E-state index in [1.807, 2.05) is 0 Å². The summed E-state index contributed by atoms with van der Waals surface area (Å²) < 4.78 is 4.49. The zero-order valence-corrected chi connectivity index (χ0v) is 4.16. The molecule has 0 bridgehead atoms. The Morgan fingerprint density at radius 1 is 1.50 bits per heavy atom. The van der Waals surface area contributed by atoms with E-state index >= 15 is 0 Å². The summed E-state index contributed by atoms with van der Waals surface area (Å²) in [5.41, 5.74) is 0. The summed E-state index contributed by atoms with van der Waals surface area (Å²) in [5, 5.41) is 0. The van der Waals surface area contributed by atoms with Gasteiger partial charge in [0.05, 0.1) is 6.61 Å². The van der Waals surface area contributed by atoms with Crippen molar-refractivity contribution in [2.24, 2.45) is 0 Å². The lowest BCUT2D eigenvalue weighted by molar-refractivity contribution is -0.196. The summed E-state index contributed by atoms with van der Waals surface area (Å²) in [5.74, 6) is 1.07. The molecule has 2 nitrogen and oxygen atoms in total. The third-order valence-electron chi connectivity index (χ3n) is 0.552. The van der Waals surface area contributed by atoms with Gasteiger partial charge in [-0.25, -0.2) is 4.89 Å². The molecule has 0 unspecified atom stereocenters. The van der Waals surface area contributed by atoms with Crippen molar-refractivity contribution >= 4 is 12.0 Å². The van der Waals surface area contributed by atoms with Crippen LogP contribution in [-0.2, 0) is 9.22 Å². The highest BCUT2D eigenvalue weighted by Crippen LogP contribution is 2.10. The molecule has 36 valence electrons. The molecule has 6 heavy (non-hydrogen) atoms. The van der Waals surface area contributed by atoms with Gasteiger partial charge in [-0.05, 0) is 6.42 Å². The molecule has 0 radical (unpaired) electrons. The fourth-order valence-corrected chi connectivity index (χ4v) is 0.719. The summed E-state index contributed by atoms with van der Waals surface area (Å²) in [6.07, 6.45) is 1.12. The minimum absolute atomic E-state index is 0.757. The quantitative estimate of drug-likeness (QED) is 0.339. The molecule has 1 aliphatic rings. The van der Waals surface area contributed by atoms with E-state index in [9.17, 15) is 0 Å². The van der Waals surface area contributed by atoms with Gasteiger partial charge in [-0.1, -0.05) is 0 Å². The predicted octanol–water partition coefficient (Wildman–Crippen LogP) is 0.987. The van der Waals surface area contributed by atoms with E-state index in [1.165, 1.54) is 12.0 Å². The van der Waals surface area contributed by atoms with Gasteiger partial charge < -0.3 is 0 Å². The van der Waals surface area contributed by atoms with Crippen molar-refractivity contribution in [1.29, 1.82) is 0 Å². The maximum Gasteiger partial charge on any atom is 0.0843 e. The van der Waals surface area contributed by atoms with Crippen LogP contribution in [0.2, 0.25) is 0 Å².